The van der Waals surface area contributed by atoms with Gasteiger partial charge in [0.05, 0.1) is 5.02 Å². The van der Waals surface area contributed by atoms with Crippen molar-refractivity contribution >= 4 is 22.6 Å². The largest absolute Gasteiger partial charge is 0.343 e. The van der Waals surface area contributed by atoms with Crippen LogP contribution in [0.15, 0.2) is 18.3 Å². The Morgan fingerprint density at radius 2 is 2.22 bits per heavy atom. The Hall–Kier alpha value is -1.06. The molecular formula is C14H20ClN3. The SMILES string of the molecule is CC.Clc1ccnc2[nH]c(C3CCCNC3)cc12. The lowest BCUT2D eigenvalue weighted by Crippen LogP contribution is -2.28. The summed E-state index contributed by atoms with van der Waals surface area (Å²) in [5, 5.41) is 5.23. The zero-order chi connectivity index (χ0) is 13.0. The van der Waals surface area contributed by atoms with Crippen LogP contribution in [0, 0.1) is 0 Å². The van der Waals surface area contributed by atoms with Crippen molar-refractivity contribution in [3.05, 3.63) is 29.0 Å². The molecule has 0 aromatic carbocycles. The summed E-state index contributed by atoms with van der Waals surface area (Å²) in [6.45, 7) is 6.18. The molecule has 1 atom stereocenters. The molecule has 3 nitrogen and oxygen atoms in total. The zero-order valence-corrected chi connectivity index (χ0v) is 11.7. The predicted molar refractivity (Wildman–Crippen MR) is 77.3 cm³/mol. The lowest BCUT2D eigenvalue weighted by molar-refractivity contribution is 0.456. The molecule has 1 unspecified atom stereocenters. The molecule has 4 heteroatoms. The number of nitrogens with one attached hydrogen (secondary N) is 2. The normalized spacial score (nSPS) is 19.4. The van der Waals surface area contributed by atoms with Crippen LogP contribution in [0.2, 0.25) is 5.02 Å². The van der Waals surface area contributed by atoms with Gasteiger partial charge in [0.2, 0.25) is 0 Å². The molecule has 0 bridgehead atoms. The average Bonchev–Trinajstić information content (AvgIpc) is 2.88. The monoisotopic (exact) mass is 265 g/mol. The van der Waals surface area contributed by atoms with Crippen LogP contribution in [0.4, 0.5) is 0 Å². The molecule has 2 N–H and O–H groups in total. The third-order valence-corrected chi connectivity index (χ3v) is 3.57. The number of pyridine rings is 1. The molecule has 0 spiro atoms. The van der Waals surface area contributed by atoms with E-state index in [9.17, 15) is 0 Å². The number of aromatic amines is 1. The van der Waals surface area contributed by atoms with Gasteiger partial charge in [-0.15, -0.1) is 0 Å². The number of halogens is 1. The molecule has 3 rings (SSSR count). The Kier molecular flexibility index (Phi) is 4.61. The fraction of sp³-hybridized carbons (Fsp3) is 0.500. The van der Waals surface area contributed by atoms with Crippen LogP contribution >= 0.6 is 11.6 Å². The molecule has 0 amide bonds. The molecule has 2 aromatic heterocycles. The standard InChI is InChI=1S/C12H14ClN3.C2H6/c13-10-3-5-15-12-9(10)6-11(16-12)8-2-1-4-14-7-8;1-2/h3,5-6,8,14H,1-2,4,7H2,(H,15,16);1-2H3. The van der Waals surface area contributed by atoms with Gasteiger partial charge in [0, 0.05) is 29.7 Å². The van der Waals surface area contributed by atoms with Gasteiger partial charge in [-0.1, -0.05) is 25.4 Å². The number of aromatic nitrogens is 2. The van der Waals surface area contributed by atoms with Crippen LogP contribution in [-0.2, 0) is 0 Å². The summed E-state index contributed by atoms with van der Waals surface area (Å²) in [6, 6.07) is 3.98. The second-order valence-electron chi connectivity index (χ2n) is 4.32. The van der Waals surface area contributed by atoms with Crippen molar-refractivity contribution in [3.63, 3.8) is 0 Å². The quantitative estimate of drug-likeness (QED) is 0.825. The highest BCUT2D eigenvalue weighted by molar-refractivity contribution is 6.35. The van der Waals surface area contributed by atoms with E-state index in [4.69, 9.17) is 11.6 Å². The number of hydrogen-bond acceptors (Lipinski definition) is 2. The maximum atomic E-state index is 6.13. The first-order valence-electron chi connectivity index (χ1n) is 6.68. The van der Waals surface area contributed by atoms with Gasteiger partial charge < -0.3 is 10.3 Å². The van der Waals surface area contributed by atoms with Gasteiger partial charge in [0.25, 0.3) is 0 Å². The maximum Gasteiger partial charge on any atom is 0.138 e. The van der Waals surface area contributed by atoms with Crippen molar-refractivity contribution in [3.8, 4) is 0 Å². The highest BCUT2D eigenvalue weighted by Crippen LogP contribution is 2.28. The van der Waals surface area contributed by atoms with E-state index in [1.54, 1.807) is 6.20 Å². The van der Waals surface area contributed by atoms with Gasteiger partial charge in [0.15, 0.2) is 0 Å². The van der Waals surface area contributed by atoms with Crippen LogP contribution in [-0.4, -0.2) is 23.1 Å². The Balaban J connectivity index is 0.000000574. The molecule has 1 aliphatic heterocycles. The van der Waals surface area contributed by atoms with Crippen LogP contribution in [0.1, 0.15) is 38.3 Å². The maximum absolute atomic E-state index is 6.13. The molecule has 0 saturated carbocycles. The molecule has 98 valence electrons. The molecule has 1 saturated heterocycles. The molecule has 18 heavy (non-hydrogen) atoms. The van der Waals surface area contributed by atoms with Crippen molar-refractivity contribution in [2.24, 2.45) is 0 Å². The lowest BCUT2D eigenvalue weighted by Gasteiger charge is -2.21. The summed E-state index contributed by atoms with van der Waals surface area (Å²) >= 11 is 6.13. The molecule has 0 radical (unpaired) electrons. The minimum absolute atomic E-state index is 0.569. The number of rotatable bonds is 1. The smallest absolute Gasteiger partial charge is 0.138 e. The van der Waals surface area contributed by atoms with E-state index in [1.165, 1.54) is 18.5 Å². The number of hydrogen-bond donors (Lipinski definition) is 2. The summed E-state index contributed by atoms with van der Waals surface area (Å²) in [5.41, 5.74) is 2.15. The van der Waals surface area contributed by atoms with Gasteiger partial charge in [-0.05, 0) is 31.5 Å². The van der Waals surface area contributed by atoms with E-state index < -0.39 is 0 Å². The summed E-state index contributed by atoms with van der Waals surface area (Å²) in [5.74, 6) is 0.569. The predicted octanol–water partition coefficient (Wildman–Crippen LogP) is 3.71. The van der Waals surface area contributed by atoms with Crippen molar-refractivity contribution < 1.29 is 0 Å². The molecule has 1 fully saturated rings. The molecule has 1 aliphatic rings. The van der Waals surface area contributed by atoms with Crippen LogP contribution in [0.3, 0.4) is 0 Å². The average molecular weight is 266 g/mol. The fourth-order valence-corrected chi connectivity index (χ4v) is 2.55. The van der Waals surface area contributed by atoms with Gasteiger partial charge in [-0.25, -0.2) is 4.98 Å². The second kappa shape index (κ2) is 6.21. The number of H-pyrrole nitrogens is 1. The number of piperidine rings is 1. The van der Waals surface area contributed by atoms with Crippen LogP contribution in [0.25, 0.3) is 11.0 Å². The first-order chi connectivity index (χ1) is 8.84. The van der Waals surface area contributed by atoms with Crippen molar-refractivity contribution in [2.75, 3.05) is 13.1 Å². The van der Waals surface area contributed by atoms with Crippen LogP contribution in [0.5, 0.6) is 0 Å². The second-order valence-corrected chi connectivity index (χ2v) is 4.73. The third-order valence-electron chi connectivity index (χ3n) is 3.24. The Labute approximate surface area is 113 Å². The fourth-order valence-electron chi connectivity index (χ4n) is 2.35. The summed E-state index contributed by atoms with van der Waals surface area (Å²) < 4.78 is 0. The highest BCUT2D eigenvalue weighted by Gasteiger charge is 2.17. The summed E-state index contributed by atoms with van der Waals surface area (Å²) in [6.07, 6.45) is 4.21. The van der Waals surface area contributed by atoms with Gasteiger partial charge in [-0.3, -0.25) is 0 Å². The van der Waals surface area contributed by atoms with E-state index in [1.807, 2.05) is 19.9 Å². The van der Waals surface area contributed by atoms with Gasteiger partial charge in [0.1, 0.15) is 5.65 Å². The van der Waals surface area contributed by atoms with Crippen molar-refractivity contribution in [2.45, 2.75) is 32.6 Å². The first kappa shape index (κ1) is 13.4. The lowest BCUT2D eigenvalue weighted by atomic mass is 9.96. The van der Waals surface area contributed by atoms with E-state index in [0.29, 0.717) is 5.92 Å². The zero-order valence-electron chi connectivity index (χ0n) is 11.0. The Morgan fingerprint density at radius 1 is 1.39 bits per heavy atom. The first-order valence-corrected chi connectivity index (χ1v) is 7.06. The van der Waals surface area contributed by atoms with E-state index in [-0.39, 0.29) is 0 Å². The molecule has 2 aromatic rings. The minimum atomic E-state index is 0.569. The molecule has 0 aliphatic carbocycles. The van der Waals surface area contributed by atoms with Gasteiger partial charge in [-0.2, -0.15) is 0 Å². The van der Waals surface area contributed by atoms with E-state index in [0.717, 1.165) is 29.1 Å². The molecule has 3 heterocycles. The highest BCUT2D eigenvalue weighted by atomic mass is 35.5. The minimum Gasteiger partial charge on any atom is -0.343 e. The molecular weight excluding hydrogens is 246 g/mol. The Bertz CT molecular complexity index is 501. The van der Waals surface area contributed by atoms with E-state index in [2.05, 4.69) is 21.4 Å². The number of nitrogens with zero attached hydrogens (tertiary/aromatic N) is 1. The summed E-state index contributed by atoms with van der Waals surface area (Å²) in [4.78, 5) is 7.67. The van der Waals surface area contributed by atoms with Gasteiger partial charge >= 0.3 is 0 Å². The summed E-state index contributed by atoms with van der Waals surface area (Å²) in [7, 11) is 0. The van der Waals surface area contributed by atoms with Crippen molar-refractivity contribution in [1.29, 1.82) is 0 Å². The van der Waals surface area contributed by atoms with Crippen LogP contribution < -0.4 is 5.32 Å². The van der Waals surface area contributed by atoms with E-state index >= 15 is 0 Å². The Morgan fingerprint density at radius 3 is 2.89 bits per heavy atom. The third kappa shape index (κ3) is 2.68. The topological polar surface area (TPSA) is 40.7 Å². The number of fused-ring (bicyclic) bond motifs is 1. The van der Waals surface area contributed by atoms with Crippen molar-refractivity contribution in [1.82, 2.24) is 15.3 Å².